The third kappa shape index (κ3) is 3.44. The Morgan fingerprint density at radius 2 is 1.85 bits per heavy atom. The van der Waals surface area contributed by atoms with Crippen LogP contribution in [0.25, 0.3) is 0 Å². The van der Waals surface area contributed by atoms with Gasteiger partial charge < -0.3 is 31.0 Å². The van der Waals surface area contributed by atoms with Gasteiger partial charge in [-0.25, -0.2) is 0 Å². The van der Waals surface area contributed by atoms with Gasteiger partial charge in [0.15, 0.2) is 17.5 Å². The third-order valence-corrected chi connectivity index (χ3v) is 4.29. The number of ether oxygens (including phenoxy) is 3. The lowest BCUT2D eigenvalue weighted by atomic mass is 9.93. The lowest BCUT2D eigenvalue weighted by Gasteiger charge is -2.27. The Balaban J connectivity index is 1.83. The van der Waals surface area contributed by atoms with Crippen molar-refractivity contribution in [1.29, 1.82) is 0 Å². The van der Waals surface area contributed by atoms with Crippen LogP contribution in [0.2, 0.25) is 0 Å². The highest BCUT2D eigenvalue weighted by atomic mass is 16.5. The van der Waals surface area contributed by atoms with Gasteiger partial charge in [0.2, 0.25) is 5.75 Å². The van der Waals surface area contributed by atoms with Gasteiger partial charge >= 0.3 is 0 Å². The second kappa shape index (κ2) is 7.38. The van der Waals surface area contributed by atoms with Gasteiger partial charge in [-0.3, -0.25) is 4.99 Å². The lowest BCUT2D eigenvalue weighted by molar-refractivity contribution is 0.324. The van der Waals surface area contributed by atoms with Crippen LogP contribution in [0.1, 0.15) is 12.0 Å². The molecule has 1 unspecified atom stereocenters. The fourth-order valence-electron chi connectivity index (χ4n) is 2.99. The minimum atomic E-state index is -0.0207. The molecule has 0 radical (unpaired) electrons. The van der Waals surface area contributed by atoms with Crippen LogP contribution >= 0.6 is 0 Å². The van der Waals surface area contributed by atoms with Gasteiger partial charge in [0.05, 0.1) is 33.9 Å². The van der Waals surface area contributed by atoms with Gasteiger partial charge in [-0.15, -0.1) is 0 Å². The number of rotatable bonds is 5. The molecule has 8 heteroatoms. The van der Waals surface area contributed by atoms with Crippen LogP contribution in [0.4, 0.5) is 0 Å². The zero-order valence-electron chi connectivity index (χ0n) is 15.1. The van der Waals surface area contributed by atoms with E-state index in [1.54, 1.807) is 21.3 Å². The maximum atomic E-state index is 5.99. The van der Waals surface area contributed by atoms with Gasteiger partial charge in [-0.2, -0.15) is 4.99 Å². The molecule has 0 fully saturated rings. The number of nitrogens with one attached hydrogen (secondary N) is 1. The number of allylic oxidation sites excluding steroid dienone is 1. The average Bonchev–Trinajstić information content (AvgIpc) is 2.65. The summed E-state index contributed by atoms with van der Waals surface area (Å²) in [5, 5.41) is 3.09. The van der Waals surface area contributed by atoms with Crippen LogP contribution in [0.3, 0.4) is 0 Å². The Morgan fingerprint density at radius 1 is 1.15 bits per heavy atom. The predicted molar refractivity (Wildman–Crippen MR) is 101 cm³/mol. The molecule has 0 bridgehead atoms. The van der Waals surface area contributed by atoms with Crippen molar-refractivity contribution >= 4 is 11.7 Å². The normalized spacial score (nSPS) is 20.3. The molecule has 1 aromatic carbocycles. The molecule has 2 aliphatic rings. The van der Waals surface area contributed by atoms with Crippen molar-refractivity contribution in [2.75, 3.05) is 21.3 Å². The molecule has 1 aromatic rings. The van der Waals surface area contributed by atoms with Gasteiger partial charge in [0.25, 0.3) is 0 Å². The van der Waals surface area contributed by atoms with E-state index in [0.29, 0.717) is 42.0 Å². The van der Waals surface area contributed by atoms with E-state index >= 15 is 0 Å². The number of fused-ring (bicyclic) bond motifs is 1. The first-order chi connectivity index (χ1) is 12.5. The molecule has 0 spiro atoms. The molecule has 0 saturated carbocycles. The topological polar surface area (TPSA) is 116 Å². The summed E-state index contributed by atoms with van der Waals surface area (Å²) in [6.45, 7) is 0.479. The van der Waals surface area contributed by atoms with E-state index in [9.17, 15) is 0 Å². The average molecular weight is 357 g/mol. The Bertz CT molecular complexity index is 801. The number of hydrogen-bond donors (Lipinski definition) is 3. The van der Waals surface area contributed by atoms with Crippen molar-refractivity contribution in [2.45, 2.75) is 19.0 Å². The Hall–Kier alpha value is -3.16. The fourth-order valence-corrected chi connectivity index (χ4v) is 2.99. The maximum absolute atomic E-state index is 5.99. The number of benzene rings is 1. The minimum Gasteiger partial charge on any atom is -0.493 e. The van der Waals surface area contributed by atoms with E-state index in [1.165, 1.54) is 0 Å². The quantitative estimate of drug-likeness (QED) is 0.726. The molecular weight excluding hydrogens is 334 g/mol. The molecule has 8 nitrogen and oxygen atoms in total. The molecule has 1 aliphatic carbocycles. The van der Waals surface area contributed by atoms with Crippen molar-refractivity contribution in [1.82, 2.24) is 5.32 Å². The van der Waals surface area contributed by atoms with Gasteiger partial charge in [0.1, 0.15) is 5.82 Å². The van der Waals surface area contributed by atoms with Crippen molar-refractivity contribution in [3.8, 4) is 17.2 Å². The van der Waals surface area contributed by atoms with E-state index in [4.69, 9.17) is 25.7 Å². The summed E-state index contributed by atoms with van der Waals surface area (Å²) in [6, 6.07) is 3.76. The Morgan fingerprint density at radius 3 is 2.46 bits per heavy atom. The SMILES string of the molecule is COc1cc(CN=C2C=CC3NC(N)=NC(N)=C3C2)cc(OC)c1OC. The molecule has 3 rings (SSSR count). The second-order valence-electron chi connectivity index (χ2n) is 5.91. The van der Waals surface area contributed by atoms with E-state index in [1.807, 2.05) is 24.3 Å². The number of guanidine groups is 1. The first-order valence-electron chi connectivity index (χ1n) is 8.15. The summed E-state index contributed by atoms with van der Waals surface area (Å²) in [5.41, 5.74) is 14.6. The predicted octanol–water partition coefficient (Wildman–Crippen LogP) is 1.07. The molecule has 0 saturated heterocycles. The van der Waals surface area contributed by atoms with Crippen LogP contribution in [0, 0.1) is 0 Å². The van der Waals surface area contributed by atoms with Gasteiger partial charge in [0, 0.05) is 17.7 Å². The smallest absolute Gasteiger partial charge is 0.203 e. The summed E-state index contributed by atoms with van der Waals surface area (Å²) in [7, 11) is 4.76. The molecule has 1 aliphatic heterocycles. The molecule has 1 atom stereocenters. The van der Waals surface area contributed by atoms with E-state index in [-0.39, 0.29) is 6.04 Å². The van der Waals surface area contributed by atoms with Crippen molar-refractivity contribution < 1.29 is 14.2 Å². The summed E-state index contributed by atoms with van der Waals surface area (Å²) < 4.78 is 16.1. The molecule has 0 aromatic heterocycles. The standard InChI is InChI=1S/C18H23N5O3/c1-24-14-6-10(7-15(25-2)16(14)26-3)9-21-11-4-5-13-12(8-11)17(19)23-18(20)22-13/h4-7,13H,8-9,19H2,1-3H3,(H3,20,22,23). The number of methoxy groups -OCH3 is 3. The molecule has 138 valence electrons. The van der Waals surface area contributed by atoms with Crippen molar-refractivity contribution in [3.05, 3.63) is 41.2 Å². The summed E-state index contributed by atoms with van der Waals surface area (Å²) in [4.78, 5) is 8.77. The highest BCUT2D eigenvalue weighted by Gasteiger charge is 2.24. The van der Waals surface area contributed by atoms with E-state index in [2.05, 4.69) is 15.3 Å². The Kier molecular flexibility index (Phi) is 5.01. The van der Waals surface area contributed by atoms with Crippen LogP contribution in [-0.2, 0) is 6.54 Å². The first kappa shape index (κ1) is 17.7. The van der Waals surface area contributed by atoms with E-state index < -0.39 is 0 Å². The van der Waals surface area contributed by atoms with Crippen LogP contribution in [0.15, 0.2) is 45.7 Å². The largest absolute Gasteiger partial charge is 0.493 e. The van der Waals surface area contributed by atoms with E-state index in [0.717, 1.165) is 16.8 Å². The summed E-state index contributed by atoms with van der Waals surface area (Å²) >= 11 is 0. The highest BCUT2D eigenvalue weighted by Crippen LogP contribution is 2.38. The van der Waals surface area contributed by atoms with Crippen molar-refractivity contribution in [3.63, 3.8) is 0 Å². The number of hydrogen-bond acceptors (Lipinski definition) is 8. The van der Waals surface area contributed by atoms with Gasteiger partial charge in [-0.05, 0) is 23.8 Å². The van der Waals surface area contributed by atoms with Gasteiger partial charge in [-0.1, -0.05) is 6.08 Å². The van der Waals surface area contributed by atoms with Crippen molar-refractivity contribution in [2.24, 2.45) is 21.5 Å². The highest BCUT2D eigenvalue weighted by molar-refractivity contribution is 5.99. The second-order valence-corrected chi connectivity index (χ2v) is 5.91. The third-order valence-electron chi connectivity index (χ3n) is 4.29. The number of nitrogens with zero attached hydrogens (tertiary/aromatic N) is 2. The zero-order chi connectivity index (χ0) is 18.7. The molecular formula is C18H23N5O3. The molecule has 0 amide bonds. The van der Waals surface area contributed by atoms with Crippen LogP contribution in [0.5, 0.6) is 17.2 Å². The molecule has 5 N–H and O–H groups in total. The number of aliphatic imine (C=N–C) groups is 2. The molecule has 26 heavy (non-hydrogen) atoms. The van der Waals surface area contributed by atoms with Crippen LogP contribution in [-0.4, -0.2) is 39.0 Å². The minimum absolute atomic E-state index is 0.0207. The number of nitrogens with two attached hydrogens (primary N) is 2. The fraction of sp³-hybridized carbons (Fsp3) is 0.333. The first-order valence-corrected chi connectivity index (χ1v) is 8.15. The zero-order valence-corrected chi connectivity index (χ0v) is 15.1. The Labute approximate surface area is 152 Å². The maximum Gasteiger partial charge on any atom is 0.203 e. The lowest BCUT2D eigenvalue weighted by Crippen LogP contribution is -2.45. The summed E-state index contributed by atoms with van der Waals surface area (Å²) in [5.74, 6) is 2.56. The summed E-state index contributed by atoms with van der Waals surface area (Å²) in [6.07, 6.45) is 4.59. The molecule has 1 heterocycles. The van der Waals surface area contributed by atoms with Crippen LogP contribution < -0.4 is 31.0 Å². The monoisotopic (exact) mass is 357 g/mol.